The summed E-state index contributed by atoms with van der Waals surface area (Å²) in [5.41, 5.74) is 4.64. The molecule has 1 aromatic carbocycles. The molecule has 18 heavy (non-hydrogen) atoms. The third-order valence-corrected chi connectivity index (χ3v) is 2.22. The minimum absolute atomic E-state index is 0.0101. The van der Waals surface area contributed by atoms with Crippen molar-refractivity contribution in [2.45, 2.75) is 13.3 Å². The number of ether oxygens (including phenoxy) is 1. The minimum Gasteiger partial charge on any atom is -0.479 e. The van der Waals surface area contributed by atoms with Crippen LogP contribution in [-0.4, -0.2) is 23.2 Å². The number of carbonyl (C=O) groups is 2. The molecule has 0 aliphatic heterocycles. The molecule has 7 heteroatoms. The SMILES string of the molecule is CCC(=O)COc1ccc(C(N)=O)cc1[N+](=O)[O-]. The van der Waals surface area contributed by atoms with Gasteiger partial charge in [-0.3, -0.25) is 19.7 Å². The molecule has 1 aromatic rings. The van der Waals surface area contributed by atoms with Crippen molar-refractivity contribution in [2.24, 2.45) is 5.73 Å². The molecule has 0 fully saturated rings. The van der Waals surface area contributed by atoms with E-state index in [2.05, 4.69) is 0 Å². The Morgan fingerprint density at radius 1 is 1.44 bits per heavy atom. The number of ketones is 1. The fourth-order valence-electron chi connectivity index (χ4n) is 1.20. The van der Waals surface area contributed by atoms with Gasteiger partial charge in [0.05, 0.1) is 4.92 Å². The Labute approximate surface area is 103 Å². The number of carbonyl (C=O) groups excluding carboxylic acids is 2. The van der Waals surface area contributed by atoms with E-state index in [9.17, 15) is 19.7 Å². The number of primary amides is 1. The lowest BCUT2D eigenvalue weighted by Crippen LogP contribution is -2.13. The summed E-state index contributed by atoms with van der Waals surface area (Å²) in [5.74, 6) is -1.01. The number of amides is 1. The molecule has 1 rings (SSSR count). The predicted octanol–water partition coefficient (Wildman–Crippen LogP) is 1.05. The van der Waals surface area contributed by atoms with Crippen LogP contribution in [0.3, 0.4) is 0 Å². The van der Waals surface area contributed by atoms with Crippen molar-refractivity contribution in [1.82, 2.24) is 0 Å². The van der Waals surface area contributed by atoms with Crippen molar-refractivity contribution in [3.63, 3.8) is 0 Å². The molecule has 2 N–H and O–H groups in total. The van der Waals surface area contributed by atoms with Crippen molar-refractivity contribution < 1.29 is 19.2 Å². The average molecular weight is 252 g/mol. The van der Waals surface area contributed by atoms with Crippen molar-refractivity contribution in [1.29, 1.82) is 0 Å². The molecule has 96 valence electrons. The van der Waals surface area contributed by atoms with Crippen LogP contribution in [0.15, 0.2) is 18.2 Å². The molecule has 0 saturated carbocycles. The normalized spacial score (nSPS) is 9.83. The fourth-order valence-corrected chi connectivity index (χ4v) is 1.20. The van der Waals surface area contributed by atoms with Crippen LogP contribution in [0.4, 0.5) is 5.69 Å². The van der Waals surface area contributed by atoms with Crippen LogP contribution in [0.1, 0.15) is 23.7 Å². The Balaban J connectivity index is 3.00. The standard InChI is InChI=1S/C11H12N2O5/c1-2-8(14)6-18-10-4-3-7(11(12)15)5-9(10)13(16)17/h3-5H,2,6H2,1H3,(H2,12,15). The number of Topliss-reactive ketones (excluding diaryl/α,β-unsaturated/α-hetero) is 1. The maximum Gasteiger partial charge on any atom is 0.311 e. The lowest BCUT2D eigenvalue weighted by Gasteiger charge is -2.06. The first-order valence-electron chi connectivity index (χ1n) is 5.18. The van der Waals surface area contributed by atoms with E-state index in [1.54, 1.807) is 6.92 Å². The van der Waals surface area contributed by atoms with Crippen LogP contribution in [0.5, 0.6) is 5.75 Å². The number of hydrogen-bond donors (Lipinski definition) is 1. The van der Waals surface area contributed by atoms with E-state index in [0.717, 1.165) is 6.07 Å². The monoisotopic (exact) mass is 252 g/mol. The Bertz CT molecular complexity index is 498. The Morgan fingerprint density at radius 3 is 2.61 bits per heavy atom. The highest BCUT2D eigenvalue weighted by atomic mass is 16.6. The lowest BCUT2D eigenvalue weighted by molar-refractivity contribution is -0.385. The number of nitro groups is 1. The first-order chi connectivity index (χ1) is 8.45. The highest BCUT2D eigenvalue weighted by molar-refractivity contribution is 5.93. The second-order valence-corrected chi connectivity index (χ2v) is 3.48. The highest BCUT2D eigenvalue weighted by Crippen LogP contribution is 2.27. The Kier molecular flexibility index (Phi) is 4.36. The van der Waals surface area contributed by atoms with Gasteiger partial charge in [-0.2, -0.15) is 0 Å². The second-order valence-electron chi connectivity index (χ2n) is 3.48. The van der Waals surface area contributed by atoms with Gasteiger partial charge in [0.25, 0.3) is 0 Å². The smallest absolute Gasteiger partial charge is 0.311 e. The largest absolute Gasteiger partial charge is 0.479 e. The number of hydrogen-bond acceptors (Lipinski definition) is 5. The van der Waals surface area contributed by atoms with Crippen LogP contribution in [0, 0.1) is 10.1 Å². The number of nitrogens with zero attached hydrogens (tertiary/aromatic N) is 1. The van der Waals surface area contributed by atoms with Crippen LogP contribution < -0.4 is 10.5 Å². The molecule has 1 amide bonds. The number of nitrogens with two attached hydrogens (primary N) is 1. The Morgan fingerprint density at radius 2 is 2.11 bits per heavy atom. The average Bonchev–Trinajstić information content (AvgIpc) is 2.35. The lowest BCUT2D eigenvalue weighted by atomic mass is 10.2. The van der Waals surface area contributed by atoms with Crippen molar-refractivity contribution in [3.8, 4) is 5.75 Å². The predicted molar refractivity (Wildman–Crippen MR) is 62.4 cm³/mol. The molecule has 7 nitrogen and oxygen atoms in total. The third kappa shape index (κ3) is 3.27. The van der Waals surface area contributed by atoms with E-state index in [0.29, 0.717) is 0 Å². The summed E-state index contributed by atoms with van der Waals surface area (Å²) >= 11 is 0. The van der Waals surface area contributed by atoms with Crippen molar-refractivity contribution >= 4 is 17.4 Å². The van der Waals surface area contributed by atoms with Gasteiger partial charge < -0.3 is 10.5 Å². The third-order valence-electron chi connectivity index (χ3n) is 2.22. The van der Waals surface area contributed by atoms with Crippen molar-refractivity contribution in [2.75, 3.05) is 6.61 Å². The molecule has 0 spiro atoms. The molecule has 0 aliphatic carbocycles. The quantitative estimate of drug-likeness (QED) is 0.600. The molecular formula is C11H12N2O5. The maximum atomic E-state index is 11.1. The van der Waals surface area contributed by atoms with Gasteiger partial charge in [-0.25, -0.2) is 0 Å². The van der Waals surface area contributed by atoms with Gasteiger partial charge in [-0.15, -0.1) is 0 Å². The summed E-state index contributed by atoms with van der Waals surface area (Å²) in [7, 11) is 0. The molecule has 0 aliphatic rings. The second kappa shape index (κ2) is 5.76. The van der Waals surface area contributed by atoms with Gasteiger partial charge in [0, 0.05) is 18.1 Å². The number of nitro benzene ring substituents is 1. The van der Waals surface area contributed by atoms with Gasteiger partial charge in [0.1, 0.15) is 6.61 Å². The molecule has 0 unspecified atom stereocenters. The van der Waals surface area contributed by atoms with E-state index < -0.39 is 16.5 Å². The zero-order valence-electron chi connectivity index (χ0n) is 9.71. The molecule has 0 heterocycles. The van der Waals surface area contributed by atoms with Gasteiger partial charge in [0.2, 0.25) is 5.91 Å². The van der Waals surface area contributed by atoms with Crippen molar-refractivity contribution in [3.05, 3.63) is 33.9 Å². The highest BCUT2D eigenvalue weighted by Gasteiger charge is 2.18. The molecule has 0 radical (unpaired) electrons. The van der Waals surface area contributed by atoms with Crippen LogP contribution in [-0.2, 0) is 4.79 Å². The zero-order valence-corrected chi connectivity index (χ0v) is 9.71. The fraction of sp³-hybridized carbons (Fsp3) is 0.273. The van der Waals surface area contributed by atoms with Gasteiger partial charge in [0.15, 0.2) is 11.5 Å². The number of rotatable bonds is 6. The van der Waals surface area contributed by atoms with Gasteiger partial charge in [-0.05, 0) is 12.1 Å². The maximum absolute atomic E-state index is 11.1. The molecule has 0 bridgehead atoms. The Hall–Kier alpha value is -2.44. The zero-order chi connectivity index (χ0) is 13.7. The summed E-state index contributed by atoms with van der Waals surface area (Å²) in [6.45, 7) is 1.42. The number of benzene rings is 1. The molecular weight excluding hydrogens is 240 g/mol. The molecule has 0 aromatic heterocycles. The van der Waals surface area contributed by atoms with Crippen LogP contribution >= 0.6 is 0 Å². The van der Waals surface area contributed by atoms with E-state index >= 15 is 0 Å². The van der Waals surface area contributed by atoms with E-state index in [1.807, 2.05) is 0 Å². The van der Waals surface area contributed by atoms with E-state index in [-0.39, 0.29) is 30.1 Å². The van der Waals surface area contributed by atoms with E-state index in [4.69, 9.17) is 10.5 Å². The minimum atomic E-state index is -0.769. The van der Waals surface area contributed by atoms with Gasteiger partial charge in [-0.1, -0.05) is 6.92 Å². The first-order valence-corrected chi connectivity index (χ1v) is 5.18. The molecule has 0 atom stereocenters. The van der Waals surface area contributed by atoms with Crippen LogP contribution in [0.2, 0.25) is 0 Å². The molecule has 0 saturated heterocycles. The summed E-state index contributed by atoms with van der Waals surface area (Å²) in [4.78, 5) is 32.1. The van der Waals surface area contributed by atoms with Gasteiger partial charge >= 0.3 is 5.69 Å². The summed E-state index contributed by atoms with van der Waals surface area (Å²) in [6, 6.07) is 3.58. The summed E-state index contributed by atoms with van der Waals surface area (Å²) < 4.78 is 5.04. The first kappa shape index (κ1) is 13.6. The topological polar surface area (TPSA) is 113 Å². The summed E-state index contributed by atoms with van der Waals surface area (Å²) in [6.07, 6.45) is 0.285. The summed E-state index contributed by atoms with van der Waals surface area (Å²) in [5, 5.41) is 10.8. The van der Waals surface area contributed by atoms with Crippen LogP contribution in [0.25, 0.3) is 0 Å². The van der Waals surface area contributed by atoms with E-state index in [1.165, 1.54) is 12.1 Å².